The number of amides is 2. The summed E-state index contributed by atoms with van der Waals surface area (Å²) in [5.74, 6) is -1.73. The lowest BCUT2D eigenvalue weighted by molar-refractivity contribution is -0.152. The van der Waals surface area contributed by atoms with Crippen LogP contribution in [-0.4, -0.2) is 52.8 Å². The van der Waals surface area contributed by atoms with Crippen LogP contribution in [-0.2, 0) is 20.8 Å². The first kappa shape index (κ1) is 14.1. The summed E-state index contributed by atoms with van der Waals surface area (Å²) in [6.07, 6.45) is 0.855. The Morgan fingerprint density at radius 3 is 2.81 bits per heavy atom. The first-order chi connectivity index (χ1) is 9.99. The number of thiophene rings is 1. The van der Waals surface area contributed by atoms with Crippen LogP contribution < -0.4 is 0 Å². The molecule has 0 aromatic carbocycles. The Bertz CT molecular complexity index is 612. The molecule has 1 saturated heterocycles. The van der Waals surface area contributed by atoms with E-state index in [0.717, 1.165) is 4.88 Å². The number of rotatable bonds is 2. The largest absolute Gasteiger partial charge is 0.479 e. The molecule has 1 aromatic heterocycles. The second-order valence-electron chi connectivity index (χ2n) is 5.50. The lowest BCUT2D eigenvalue weighted by Gasteiger charge is -2.34. The highest BCUT2D eigenvalue weighted by atomic mass is 32.1. The van der Waals surface area contributed by atoms with Gasteiger partial charge in [0, 0.05) is 31.4 Å². The van der Waals surface area contributed by atoms with Crippen molar-refractivity contribution in [2.24, 2.45) is 5.92 Å². The molecule has 0 saturated carbocycles. The van der Waals surface area contributed by atoms with Crippen LogP contribution in [0.5, 0.6) is 0 Å². The third-order valence-corrected chi connectivity index (χ3v) is 5.17. The van der Waals surface area contributed by atoms with Crippen LogP contribution in [0.4, 0.5) is 0 Å². The van der Waals surface area contributed by atoms with E-state index in [1.165, 1.54) is 21.1 Å². The highest BCUT2D eigenvalue weighted by Crippen LogP contribution is 2.35. The Morgan fingerprint density at radius 1 is 1.43 bits per heavy atom. The van der Waals surface area contributed by atoms with Gasteiger partial charge in [-0.2, -0.15) is 0 Å². The zero-order chi connectivity index (χ0) is 15.1. The third-order valence-electron chi connectivity index (χ3n) is 4.17. The smallest absolute Gasteiger partial charge is 0.331 e. The van der Waals surface area contributed by atoms with Crippen LogP contribution >= 0.6 is 11.3 Å². The minimum Gasteiger partial charge on any atom is -0.479 e. The number of fused-ring (bicyclic) bond motifs is 1. The first-order valence-corrected chi connectivity index (χ1v) is 7.70. The van der Waals surface area contributed by atoms with E-state index < -0.39 is 17.9 Å². The maximum absolute atomic E-state index is 12.6. The van der Waals surface area contributed by atoms with Gasteiger partial charge in [-0.05, 0) is 23.4 Å². The molecule has 0 bridgehead atoms. The summed E-state index contributed by atoms with van der Waals surface area (Å²) in [7, 11) is 1.66. The monoisotopic (exact) mass is 308 g/mol. The van der Waals surface area contributed by atoms with Crippen LogP contribution in [0.1, 0.15) is 22.9 Å². The van der Waals surface area contributed by atoms with Gasteiger partial charge >= 0.3 is 5.97 Å². The van der Waals surface area contributed by atoms with Crippen molar-refractivity contribution >= 4 is 29.1 Å². The van der Waals surface area contributed by atoms with Gasteiger partial charge in [0.15, 0.2) is 6.04 Å². The molecule has 1 aromatic rings. The van der Waals surface area contributed by atoms with E-state index in [1.807, 2.05) is 5.38 Å². The van der Waals surface area contributed by atoms with Crippen molar-refractivity contribution in [2.75, 3.05) is 20.1 Å². The van der Waals surface area contributed by atoms with Crippen LogP contribution in [0.25, 0.3) is 0 Å². The second-order valence-corrected chi connectivity index (χ2v) is 6.50. The van der Waals surface area contributed by atoms with Gasteiger partial charge in [-0.3, -0.25) is 9.59 Å². The van der Waals surface area contributed by atoms with Gasteiger partial charge in [0.1, 0.15) is 0 Å². The molecule has 0 radical (unpaired) electrons. The molecular weight excluding hydrogens is 292 g/mol. The summed E-state index contributed by atoms with van der Waals surface area (Å²) in [5, 5.41) is 11.4. The molecule has 1 fully saturated rings. The summed E-state index contributed by atoms with van der Waals surface area (Å²) in [4.78, 5) is 39.8. The number of hydrogen-bond acceptors (Lipinski definition) is 4. The van der Waals surface area contributed by atoms with E-state index >= 15 is 0 Å². The van der Waals surface area contributed by atoms with Gasteiger partial charge in [0.2, 0.25) is 11.8 Å². The molecule has 1 N–H and O–H groups in total. The van der Waals surface area contributed by atoms with Gasteiger partial charge in [-0.1, -0.05) is 0 Å². The average Bonchev–Trinajstić information content (AvgIpc) is 3.03. The normalized spacial score (nSPS) is 25.1. The zero-order valence-corrected chi connectivity index (χ0v) is 12.4. The van der Waals surface area contributed by atoms with E-state index in [1.54, 1.807) is 13.1 Å². The Morgan fingerprint density at radius 2 is 2.19 bits per heavy atom. The van der Waals surface area contributed by atoms with Gasteiger partial charge in [0.25, 0.3) is 0 Å². The quantitative estimate of drug-likeness (QED) is 0.874. The molecular formula is C14H16N2O4S. The van der Waals surface area contributed by atoms with Gasteiger partial charge in [0.05, 0.1) is 5.92 Å². The fourth-order valence-electron chi connectivity index (χ4n) is 3.08. The molecule has 2 aliphatic heterocycles. The van der Waals surface area contributed by atoms with E-state index in [4.69, 9.17) is 0 Å². The second kappa shape index (κ2) is 5.14. The minimum absolute atomic E-state index is 0.0616. The van der Waals surface area contributed by atoms with E-state index in [9.17, 15) is 19.5 Å². The summed E-state index contributed by atoms with van der Waals surface area (Å²) in [6.45, 7) is 0.773. The first-order valence-electron chi connectivity index (χ1n) is 6.82. The maximum Gasteiger partial charge on any atom is 0.331 e. The summed E-state index contributed by atoms with van der Waals surface area (Å²) >= 11 is 1.53. The molecule has 112 valence electrons. The predicted octanol–water partition coefficient (Wildman–Crippen LogP) is 0.737. The van der Waals surface area contributed by atoms with Crippen LogP contribution in [0, 0.1) is 5.92 Å². The summed E-state index contributed by atoms with van der Waals surface area (Å²) in [6, 6.07) is 0.859. The molecule has 0 aliphatic carbocycles. The lowest BCUT2D eigenvalue weighted by Crippen LogP contribution is -2.46. The van der Waals surface area contributed by atoms with Crippen molar-refractivity contribution in [1.82, 2.24) is 9.80 Å². The van der Waals surface area contributed by atoms with Crippen LogP contribution in [0.15, 0.2) is 11.4 Å². The molecule has 3 rings (SSSR count). The van der Waals surface area contributed by atoms with E-state index in [2.05, 4.69) is 0 Å². The van der Waals surface area contributed by atoms with Crippen molar-refractivity contribution in [3.05, 3.63) is 21.9 Å². The highest BCUT2D eigenvalue weighted by molar-refractivity contribution is 7.10. The Kier molecular flexibility index (Phi) is 3.44. The maximum atomic E-state index is 12.6. The molecule has 6 nitrogen and oxygen atoms in total. The average molecular weight is 308 g/mol. The topological polar surface area (TPSA) is 77.9 Å². The number of nitrogens with zero attached hydrogens (tertiary/aromatic N) is 2. The van der Waals surface area contributed by atoms with Crippen molar-refractivity contribution in [3.8, 4) is 0 Å². The molecule has 0 spiro atoms. The van der Waals surface area contributed by atoms with E-state index in [0.29, 0.717) is 25.1 Å². The van der Waals surface area contributed by atoms with Crippen molar-refractivity contribution in [1.29, 1.82) is 0 Å². The van der Waals surface area contributed by atoms with Crippen LogP contribution in [0.3, 0.4) is 0 Å². The molecule has 21 heavy (non-hydrogen) atoms. The number of carbonyl (C=O) groups excluding carboxylic acids is 2. The van der Waals surface area contributed by atoms with Gasteiger partial charge in [-0.25, -0.2) is 4.79 Å². The lowest BCUT2D eigenvalue weighted by atomic mass is 9.97. The number of carboxylic acids is 1. The SMILES string of the molecule is CN1CC(C(=O)N2CCc3sccc3C2C(=O)O)CC1=O. The number of carboxylic acid groups (broad SMARTS) is 1. The predicted molar refractivity (Wildman–Crippen MR) is 75.9 cm³/mol. The summed E-state index contributed by atoms with van der Waals surface area (Å²) < 4.78 is 0. The number of carbonyl (C=O) groups is 3. The molecule has 2 atom stereocenters. The molecule has 2 unspecified atom stereocenters. The molecule has 7 heteroatoms. The van der Waals surface area contributed by atoms with E-state index in [-0.39, 0.29) is 18.2 Å². The van der Waals surface area contributed by atoms with Crippen molar-refractivity contribution in [3.63, 3.8) is 0 Å². The highest BCUT2D eigenvalue weighted by Gasteiger charge is 2.41. The van der Waals surface area contributed by atoms with Gasteiger partial charge < -0.3 is 14.9 Å². The van der Waals surface area contributed by atoms with Crippen molar-refractivity contribution in [2.45, 2.75) is 18.9 Å². The standard InChI is InChI=1S/C14H16N2O4S/c1-15-7-8(6-11(15)17)13(18)16-4-2-10-9(3-5-21-10)12(16)14(19)20/h3,5,8,12H,2,4,6-7H2,1H3,(H,19,20). The summed E-state index contributed by atoms with van der Waals surface area (Å²) in [5.41, 5.74) is 0.713. The van der Waals surface area contributed by atoms with Gasteiger partial charge in [-0.15, -0.1) is 11.3 Å². The third kappa shape index (κ3) is 2.31. The molecule has 2 amide bonds. The number of likely N-dealkylation sites (tertiary alicyclic amines) is 1. The fraction of sp³-hybridized carbons (Fsp3) is 0.500. The number of aliphatic carboxylic acids is 1. The number of hydrogen-bond donors (Lipinski definition) is 1. The Labute approximate surface area is 126 Å². The molecule has 3 heterocycles. The minimum atomic E-state index is -1.01. The van der Waals surface area contributed by atoms with Crippen LogP contribution in [0.2, 0.25) is 0 Å². The van der Waals surface area contributed by atoms with Crippen molar-refractivity contribution < 1.29 is 19.5 Å². The Hall–Kier alpha value is -1.89. The zero-order valence-electron chi connectivity index (χ0n) is 11.6. The molecule has 2 aliphatic rings. The Balaban J connectivity index is 1.86. The fourth-order valence-corrected chi connectivity index (χ4v) is 3.99.